The van der Waals surface area contributed by atoms with Crippen molar-refractivity contribution in [1.29, 1.82) is 0 Å². The maximum Gasteiger partial charge on any atom is 0.291 e. The van der Waals surface area contributed by atoms with Crippen molar-refractivity contribution in [3.63, 3.8) is 0 Å². The number of likely N-dealkylation sites (tertiary alicyclic amines) is 1. The number of aromatic nitrogens is 5. The van der Waals surface area contributed by atoms with Crippen LogP contribution in [0.3, 0.4) is 0 Å². The van der Waals surface area contributed by atoms with E-state index in [-0.39, 0.29) is 5.91 Å². The van der Waals surface area contributed by atoms with Gasteiger partial charge < -0.3 is 20.5 Å². The van der Waals surface area contributed by atoms with E-state index in [1.165, 1.54) is 12.8 Å². The molecule has 0 radical (unpaired) electrons. The molecule has 0 spiro atoms. The smallest absolute Gasteiger partial charge is 0.291 e. The number of benzene rings is 2. The Morgan fingerprint density at radius 3 is 2.66 bits per heavy atom. The van der Waals surface area contributed by atoms with Crippen LogP contribution in [-0.2, 0) is 26.6 Å². The minimum atomic E-state index is -0.292. The van der Waals surface area contributed by atoms with Gasteiger partial charge in [0.05, 0.1) is 21.9 Å². The van der Waals surface area contributed by atoms with E-state index in [4.69, 9.17) is 16.6 Å². The zero-order valence-electron chi connectivity index (χ0n) is 24.8. The molecule has 5 heterocycles. The van der Waals surface area contributed by atoms with Gasteiger partial charge in [-0.15, -0.1) is 0 Å². The van der Waals surface area contributed by atoms with Gasteiger partial charge in [0.15, 0.2) is 11.6 Å². The van der Waals surface area contributed by atoms with Gasteiger partial charge in [0.2, 0.25) is 0 Å². The number of halogens is 1. The van der Waals surface area contributed by atoms with Crippen LogP contribution in [0.5, 0.6) is 0 Å². The molecule has 1 saturated heterocycles. The number of hydrogen-bond donors (Lipinski definition) is 3. The molecule has 2 aliphatic heterocycles. The molecular weight excluding hydrogens is 574 g/mol. The van der Waals surface area contributed by atoms with Gasteiger partial charge in [-0.2, -0.15) is 0 Å². The minimum Gasteiger partial charge on any atom is -0.338 e. The number of anilines is 3. The number of pyridine rings is 1. The molecule has 0 bridgehead atoms. The fraction of sp³-hybridized carbons (Fsp3) is 0.303. The zero-order chi connectivity index (χ0) is 30.2. The van der Waals surface area contributed by atoms with Crippen LogP contribution in [0, 0.1) is 6.92 Å². The zero-order valence-corrected chi connectivity index (χ0v) is 25.6. The van der Waals surface area contributed by atoms with Gasteiger partial charge in [0, 0.05) is 56.2 Å². The molecule has 224 valence electrons. The summed E-state index contributed by atoms with van der Waals surface area (Å²) >= 11 is 6.95. The quantitative estimate of drug-likeness (QED) is 0.218. The monoisotopic (exact) mass is 607 g/mol. The summed E-state index contributed by atoms with van der Waals surface area (Å²) in [5.74, 6) is 0.722. The molecule has 5 aromatic rings. The van der Waals surface area contributed by atoms with Gasteiger partial charge in [-0.25, -0.2) is 15.0 Å². The highest BCUT2D eigenvalue weighted by Crippen LogP contribution is 2.38. The Kier molecular flexibility index (Phi) is 7.71. The lowest BCUT2D eigenvalue weighted by atomic mass is 9.98. The number of hydrogen-bond acceptors (Lipinski definition) is 8. The van der Waals surface area contributed by atoms with Crippen molar-refractivity contribution >= 4 is 45.7 Å². The van der Waals surface area contributed by atoms with Crippen molar-refractivity contribution in [2.75, 3.05) is 30.3 Å². The van der Waals surface area contributed by atoms with Crippen LogP contribution in [0.1, 0.15) is 46.0 Å². The highest BCUT2D eigenvalue weighted by molar-refractivity contribution is 6.36. The van der Waals surface area contributed by atoms with Crippen LogP contribution in [0.2, 0.25) is 5.02 Å². The molecule has 3 N–H and O–H groups in total. The summed E-state index contributed by atoms with van der Waals surface area (Å²) < 4.78 is 1.88. The SMILES string of the molecule is Cc1c(Nc2ncnc3cc(CN4CCCC4)cnc23)cccc1-c1cccc(NC(=O)c2nc3c(n2C)CCNC3)c1Cl. The second-order valence-corrected chi connectivity index (χ2v) is 11.8. The number of nitrogens with zero attached hydrogens (tertiary/aromatic N) is 6. The van der Waals surface area contributed by atoms with E-state index in [9.17, 15) is 4.79 Å². The number of amides is 1. The molecule has 1 amide bonds. The van der Waals surface area contributed by atoms with Crippen molar-refractivity contribution in [2.45, 2.75) is 39.3 Å². The summed E-state index contributed by atoms with van der Waals surface area (Å²) in [4.78, 5) is 34.1. The lowest BCUT2D eigenvalue weighted by molar-refractivity contribution is 0.101. The van der Waals surface area contributed by atoms with Crippen molar-refractivity contribution in [1.82, 2.24) is 34.7 Å². The van der Waals surface area contributed by atoms with Gasteiger partial charge in [-0.3, -0.25) is 14.7 Å². The summed E-state index contributed by atoms with van der Waals surface area (Å²) in [5.41, 5.74) is 8.83. The molecule has 0 unspecified atom stereocenters. The number of rotatable bonds is 7. The molecule has 11 heteroatoms. The number of imidazole rings is 1. The van der Waals surface area contributed by atoms with E-state index in [0.29, 0.717) is 28.9 Å². The van der Waals surface area contributed by atoms with E-state index >= 15 is 0 Å². The Morgan fingerprint density at radius 1 is 1.05 bits per heavy atom. The maximum absolute atomic E-state index is 13.3. The van der Waals surface area contributed by atoms with E-state index < -0.39 is 0 Å². The molecular formula is C33H34ClN9O. The Balaban J connectivity index is 1.14. The van der Waals surface area contributed by atoms with Crippen LogP contribution in [0.25, 0.3) is 22.2 Å². The third kappa shape index (κ3) is 5.40. The number of carbonyl (C=O) groups excluding carboxylic acids is 1. The average Bonchev–Trinajstić information content (AvgIpc) is 3.67. The van der Waals surface area contributed by atoms with E-state index in [0.717, 1.165) is 83.0 Å². The number of fused-ring (bicyclic) bond motifs is 2. The Labute approximate surface area is 260 Å². The first-order chi connectivity index (χ1) is 21.5. The second-order valence-electron chi connectivity index (χ2n) is 11.5. The molecule has 0 atom stereocenters. The Hall–Kier alpha value is -4.38. The van der Waals surface area contributed by atoms with Crippen molar-refractivity contribution < 1.29 is 4.79 Å². The number of nitrogens with one attached hydrogen (secondary N) is 3. The predicted molar refractivity (Wildman–Crippen MR) is 173 cm³/mol. The Morgan fingerprint density at radius 2 is 1.84 bits per heavy atom. The third-order valence-electron chi connectivity index (χ3n) is 8.59. The van der Waals surface area contributed by atoms with Crippen LogP contribution < -0.4 is 16.0 Å². The Bertz CT molecular complexity index is 1880. The summed E-state index contributed by atoms with van der Waals surface area (Å²) in [7, 11) is 1.88. The lowest BCUT2D eigenvalue weighted by Gasteiger charge is -2.17. The first kappa shape index (κ1) is 28.4. The fourth-order valence-electron chi connectivity index (χ4n) is 6.23. The second kappa shape index (κ2) is 12.0. The van der Waals surface area contributed by atoms with E-state index in [2.05, 4.69) is 41.9 Å². The molecule has 44 heavy (non-hydrogen) atoms. The molecule has 7 rings (SSSR count). The molecule has 3 aromatic heterocycles. The first-order valence-electron chi connectivity index (χ1n) is 15.0. The van der Waals surface area contributed by atoms with Crippen molar-refractivity contribution in [3.8, 4) is 11.1 Å². The molecule has 0 aliphatic carbocycles. The predicted octanol–water partition coefficient (Wildman–Crippen LogP) is 5.62. The largest absolute Gasteiger partial charge is 0.338 e. The summed E-state index contributed by atoms with van der Waals surface area (Å²) in [6, 6.07) is 13.8. The highest BCUT2D eigenvalue weighted by atomic mass is 35.5. The van der Waals surface area contributed by atoms with Gasteiger partial charge in [0.1, 0.15) is 11.8 Å². The molecule has 1 fully saturated rings. The normalized spacial score (nSPS) is 15.0. The average molecular weight is 608 g/mol. The summed E-state index contributed by atoms with van der Waals surface area (Å²) in [6.45, 7) is 6.73. The van der Waals surface area contributed by atoms with Gasteiger partial charge in [0.25, 0.3) is 5.91 Å². The van der Waals surface area contributed by atoms with Gasteiger partial charge >= 0.3 is 0 Å². The molecule has 2 aliphatic rings. The van der Waals surface area contributed by atoms with E-state index in [1.54, 1.807) is 6.33 Å². The van der Waals surface area contributed by atoms with Crippen LogP contribution in [0.4, 0.5) is 17.2 Å². The topological polar surface area (TPSA) is 113 Å². The molecule has 0 saturated carbocycles. The fourth-order valence-corrected chi connectivity index (χ4v) is 6.50. The summed E-state index contributed by atoms with van der Waals surface area (Å²) in [5, 5.41) is 10.2. The van der Waals surface area contributed by atoms with Gasteiger partial charge in [-0.1, -0.05) is 35.9 Å². The van der Waals surface area contributed by atoms with Crippen LogP contribution in [-0.4, -0.2) is 54.9 Å². The van der Waals surface area contributed by atoms with Crippen molar-refractivity contribution in [2.24, 2.45) is 7.05 Å². The standard InChI is InChI=1S/C33H34ClN9O/c1-20-22(23-8-6-10-25(29(23)34)41-33(44)32-40-27-17-35-12-11-28(27)42(32)2)7-5-9-24(20)39-31-30-26(37-19-38-31)15-21(16-36-30)18-43-13-3-4-14-43/h5-10,15-16,19,35H,3-4,11-14,17-18H2,1-2H3,(H,41,44)(H,37,38,39). The van der Waals surface area contributed by atoms with E-state index in [1.807, 2.05) is 61.1 Å². The minimum absolute atomic E-state index is 0.292. The molecule has 10 nitrogen and oxygen atoms in total. The van der Waals surface area contributed by atoms with Crippen molar-refractivity contribution in [3.05, 3.63) is 88.4 Å². The molecule has 2 aromatic carbocycles. The van der Waals surface area contributed by atoms with Crippen LogP contribution in [0.15, 0.2) is 55.0 Å². The van der Waals surface area contributed by atoms with Gasteiger partial charge in [-0.05, 0) is 67.7 Å². The number of carbonyl (C=O) groups is 1. The third-order valence-corrected chi connectivity index (χ3v) is 9.00. The maximum atomic E-state index is 13.3. The lowest BCUT2D eigenvalue weighted by Crippen LogP contribution is -2.24. The summed E-state index contributed by atoms with van der Waals surface area (Å²) in [6.07, 6.45) is 6.85. The first-order valence-corrected chi connectivity index (χ1v) is 15.4. The van der Waals surface area contributed by atoms with Crippen LogP contribution >= 0.6 is 11.6 Å². The highest BCUT2D eigenvalue weighted by Gasteiger charge is 2.23.